The number of aryl methyl sites for hydroxylation is 1. The summed E-state index contributed by atoms with van der Waals surface area (Å²) >= 11 is 0. The van der Waals surface area contributed by atoms with E-state index in [4.69, 9.17) is 9.97 Å². The van der Waals surface area contributed by atoms with Crippen molar-refractivity contribution < 1.29 is 28.8 Å². The molecule has 18 heteroatoms. The van der Waals surface area contributed by atoms with Crippen molar-refractivity contribution >= 4 is 52.8 Å². The van der Waals surface area contributed by atoms with Crippen LogP contribution in [0.2, 0.25) is 0 Å². The first-order valence-electron chi connectivity index (χ1n) is 19.9. The smallest absolute Gasteiger partial charge is 0.264 e. The first kappa shape index (κ1) is 40.6. The molecule has 3 aliphatic heterocycles. The van der Waals surface area contributed by atoms with E-state index in [0.717, 1.165) is 16.2 Å². The number of pyridine rings is 2. The van der Waals surface area contributed by atoms with E-state index >= 15 is 0 Å². The first-order chi connectivity index (χ1) is 28.5. The molecule has 0 bridgehead atoms. The van der Waals surface area contributed by atoms with Gasteiger partial charge in [0.1, 0.15) is 29.7 Å². The summed E-state index contributed by atoms with van der Waals surface area (Å²) in [6.45, 7) is 8.84. The lowest BCUT2D eigenvalue weighted by atomic mass is 10.0. The van der Waals surface area contributed by atoms with Crippen molar-refractivity contribution in [2.24, 2.45) is 0 Å². The second-order valence-corrected chi connectivity index (χ2v) is 15.0. The van der Waals surface area contributed by atoms with Crippen molar-refractivity contribution in [3.63, 3.8) is 0 Å². The summed E-state index contributed by atoms with van der Waals surface area (Å²) in [4.78, 5) is 91.4. The summed E-state index contributed by atoms with van der Waals surface area (Å²) in [7, 11) is 1.95. The maximum atomic E-state index is 13.9. The molecule has 3 aromatic heterocycles. The largest absolute Gasteiger partial charge is 0.384 e. The lowest BCUT2D eigenvalue weighted by Crippen LogP contribution is -2.54. The summed E-state index contributed by atoms with van der Waals surface area (Å²) in [6.07, 6.45) is 3.31. The summed E-state index contributed by atoms with van der Waals surface area (Å²) < 4.78 is 1.89. The Morgan fingerprint density at radius 1 is 0.966 bits per heavy atom. The lowest BCUT2D eigenvalue weighted by Gasteiger charge is -2.27. The van der Waals surface area contributed by atoms with E-state index in [1.165, 1.54) is 0 Å². The number of anilines is 3. The van der Waals surface area contributed by atoms with E-state index in [1.54, 1.807) is 29.4 Å². The topological polar surface area (TPSA) is 217 Å². The minimum absolute atomic E-state index is 0.0490. The number of carbonyl (C=O) groups is 6. The zero-order valence-corrected chi connectivity index (χ0v) is 33.6. The summed E-state index contributed by atoms with van der Waals surface area (Å²) in [6, 6.07) is 11.4. The highest BCUT2D eigenvalue weighted by Gasteiger charge is 2.45. The predicted molar refractivity (Wildman–Crippen MR) is 217 cm³/mol. The number of nitrogens with one attached hydrogen (secondary N) is 4. The van der Waals surface area contributed by atoms with Gasteiger partial charge in [-0.1, -0.05) is 12.1 Å². The summed E-state index contributed by atoms with van der Waals surface area (Å²) in [5.74, 6) is -0.638. The standard InChI is InChI=1S/C41H48N12O6/c1-5-51-23-45-49-37(51)29-12-9-13-32(46-29)52-22-27-26(39(52)57)20-33(50(4)24(2)3)47-30(27)21-42-18-19-44-34(54)14-6-7-17-43-28-11-8-10-25-36(28)41(59)53(40(25)58)31-15-16-35(55)48-38(31)56/h8-13,20,23-24,31,42-43H,5-7,14-19,21-22H2,1-4H3,(H,44,54)(H,48,55,56). The predicted octanol–water partition coefficient (Wildman–Crippen LogP) is 2.65. The Hall–Kier alpha value is -6.56. The van der Waals surface area contributed by atoms with Crippen LogP contribution in [0.25, 0.3) is 11.5 Å². The number of aromatic nitrogens is 5. The monoisotopic (exact) mass is 804 g/mol. The van der Waals surface area contributed by atoms with Crippen molar-refractivity contribution in [1.82, 2.24) is 45.6 Å². The number of piperidine rings is 1. The van der Waals surface area contributed by atoms with E-state index < -0.39 is 29.7 Å². The second-order valence-electron chi connectivity index (χ2n) is 15.0. The molecule has 3 aliphatic rings. The van der Waals surface area contributed by atoms with Crippen molar-refractivity contribution in [1.29, 1.82) is 0 Å². The molecular formula is C41H48N12O6. The Labute approximate surface area is 341 Å². The number of imide groups is 2. The highest BCUT2D eigenvalue weighted by atomic mass is 16.2. The third-order valence-electron chi connectivity index (χ3n) is 10.9. The summed E-state index contributed by atoms with van der Waals surface area (Å²) in [5.41, 5.74) is 3.66. The molecule has 0 radical (unpaired) electrons. The molecule has 18 nitrogen and oxygen atoms in total. The molecule has 4 aromatic rings. The van der Waals surface area contributed by atoms with Crippen LogP contribution in [-0.4, -0.2) is 104 Å². The highest BCUT2D eigenvalue weighted by Crippen LogP contribution is 2.34. The fourth-order valence-electron chi connectivity index (χ4n) is 7.39. The molecule has 1 aromatic carbocycles. The number of carbonyl (C=O) groups excluding carboxylic acids is 6. The van der Waals surface area contributed by atoms with Gasteiger partial charge in [0.15, 0.2) is 5.82 Å². The number of nitrogens with zero attached hydrogens (tertiary/aromatic N) is 8. The molecule has 1 saturated heterocycles. The van der Waals surface area contributed by atoms with Gasteiger partial charge in [0.2, 0.25) is 17.7 Å². The van der Waals surface area contributed by atoms with Gasteiger partial charge in [-0.2, -0.15) is 0 Å². The molecule has 0 saturated carbocycles. The highest BCUT2D eigenvalue weighted by molar-refractivity contribution is 6.25. The van der Waals surface area contributed by atoms with Crippen LogP contribution < -0.4 is 31.1 Å². The molecule has 308 valence electrons. The minimum atomic E-state index is -1.03. The molecule has 4 N–H and O–H groups in total. The lowest BCUT2D eigenvalue weighted by molar-refractivity contribution is -0.136. The van der Waals surface area contributed by atoms with E-state index in [9.17, 15) is 28.8 Å². The van der Waals surface area contributed by atoms with Crippen LogP contribution in [0.5, 0.6) is 0 Å². The van der Waals surface area contributed by atoms with E-state index in [1.807, 2.05) is 47.7 Å². The van der Waals surface area contributed by atoms with Gasteiger partial charge in [0.25, 0.3) is 17.7 Å². The Morgan fingerprint density at radius 3 is 2.56 bits per heavy atom. The number of hydrogen-bond donors (Lipinski definition) is 4. The van der Waals surface area contributed by atoms with Crippen molar-refractivity contribution in [3.05, 3.63) is 76.7 Å². The number of hydrogen-bond acceptors (Lipinski definition) is 13. The molecule has 6 heterocycles. The third kappa shape index (κ3) is 8.39. The number of amides is 6. The molecule has 59 heavy (non-hydrogen) atoms. The molecule has 0 aliphatic carbocycles. The fourth-order valence-corrected chi connectivity index (χ4v) is 7.39. The van der Waals surface area contributed by atoms with Crippen LogP contribution in [0.3, 0.4) is 0 Å². The average molecular weight is 805 g/mol. The zero-order chi connectivity index (χ0) is 41.8. The molecule has 1 fully saturated rings. The first-order valence-corrected chi connectivity index (χ1v) is 19.9. The number of benzene rings is 1. The Balaban J connectivity index is 0.888. The van der Waals surface area contributed by atoms with Crippen molar-refractivity contribution in [2.45, 2.75) is 84.6 Å². The van der Waals surface area contributed by atoms with Crippen LogP contribution in [-0.2, 0) is 34.0 Å². The van der Waals surface area contributed by atoms with E-state index in [-0.39, 0.29) is 41.8 Å². The van der Waals surface area contributed by atoms with Crippen LogP contribution in [0.4, 0.5) is 17.3 Å². The van der Waals surface area contributed by atoms with Gasteiger partial charge in [0.05, 0.1) is 28.9 Å². The third-order valence-corrected chi connectivity index (χ3v) is 10.9. The van der Waals surface area contributed by atoms with E-state index in [0.29, 0.717) is 92.9 Å². The molecule has 6 amide bonds. The van der Waals surface area contributed by atoms with Crippen LogP contribution >= 0.6 is 0 Å². The van der Waals surface area contributed by atoms with Gasteiger partial charge in [-0.3, -0.25) is 43.9 Å². The van der Waals surface area contributed by atoms with Gasteiger partial charge in [0, 0.05) is 69.9 Å². The molecule has 0 spiro atoms. The summed E-state index contributed by atoms with van der Waals surface area (Å²) in [5, 5.41) is 20.0. The van der Waals surface area contributed by atoms with Crippen LogP contribution in [0, 0.1) is 0 Å². The maximum absolute atomic E-state index is 13.9. The molecule has 1 atom stereocenters. The molecule has 1 unspecified atom stereocenters. The fraction of sp³-hybridized carbons (Fsp3) is 0.415. The maximum Gasteiger partial charge on any atom is 0.264 e. The van der Waals surface area contributed by atoms with Gasteiger partial charge in [-0.05, 0) is 70.4 Å². The van der Waals surface area contributed by atoms with Crippen molar-refractivity contribution in [3.8, 4) is 11.5 Å². The second kappa shape index (κ2) is 17.5. The molecule has 7 rings (SSSR count). The number of fused-ring (bicyclic) bond motifs is 2. The quantitative estimate of drug-likeness (QED) is 0.0893. The minimum Gasteiger partial charge on any atom is -0.384 e. The Morgan fingerprint density at radius 2 is 1.78 bits per heavy atom. The Kier molecular flexibility index (Phi) is 12.1. The van der Waals surface area contributed by atoms with Gasteiger partial charge < -0.3 is 25.4 Å². The SMILES string of the molecule is CCn1cnnc1-c1cccc(N2Cc3c(cc(N(C)C(C)C)nc3CNCCNC(=O)CCCCNc3cccc4c3C(=O)N(C3CCC(=O)NC3=O)C4=O)C2=O)n1. The number of rotatable bonds is 17. The van der Waals surface area contributed by atoms with Crippen LogP contribution in [0.15, 0.2) is 48.8 Å². The van der Waals surface area contributed by atoms with Crippen molar-refractivity contribution in [2.75, 3.05) is 41.8 Å². The number of unbranched alkanes of at least 4 members (excludes halogenated alkanes) is 1. The van der Waals surface area contributed by atoms with Crippen LogP contribution in [0.1, 0.15) is 95.2 Å². The average Bonchev–Trinajstić information content (AvgIpc) is 3.91. The zero-order valence-electron chi connectivity index (χ0n) is 33.6. The normalized spacial score (nSPS) is 16.2. The Bertz CT molecular complexity index is 2310. The van der Waals surface area contributed by atoms with E-state index in [2.05, 4.69) is 45.3 Å². The van der Waals surface area contributed by atoms with Gasteiger partial charge >= 0.3 is 0 Å². The van der Waals surface area contributed by atoms with Gasteiger partial charge in [-0.15, -0.1) is 10.2 Å². The molecular weight excluding hydrogens is 757 g/mol. The van der Waals surface area contributed by atoms with Gasteiger partial charge in [-0.25, -0.2) is 9.97 Å².